The zero-order chi connectivity index (χ0) is 21.8. The van der Waals surface area contributed by atoms with E-state index in [9.17, 15) is 0 Å². The quantitative estimate of drug-likeness (QED) is 0.327. The van der Waals surface area contributed by atoms with E-state index >= 15 is 0 Å². The first-order valence-corrected chi connectivity index (χ1v) is 11.5. The molecule has 170 valence electrons. The summed E-state index contributed by atoms with van der Waals surface area (Å²) in [5.41, 5.74) is 1.26. The molecule has 1 aromatic carbocycles. The first-order valence-electron chi connectivity index (χ1n) is 11.5. The molecule has 1 aromatic rings. The predicted molar refractivity (Wildman–Crippen MR) is 126 cm³/mol. The molecule has 0 radical (unpaired) electrons. The van der Waals surface area contributed by atoms with Gasteiger partial charge in [0.2, 0.25) is 0 Å². The Balaban J connectivity index is 1.70. The summed E-state index contributed by atoms with van der Waals surface area (Å²) in [6.07, 6.45) is 4.62. The average Bonchev–Trinajstić information content (AvgIpc) is 2.73. The minimum Gasteiger partial charge on any atom is -0.493 e. The van der Waals surface area contributed by atoms with Crippen molar-refractivity contribution in [1.29, 1.82) is 0 Å². The molecule has 1 aliphatic heterocycles. The van der Waals surface area contributed by atoms with Crippen LogP contribution in [0.1, 0.15) is 45.6 Å². The fraction of sp³-hybridized carbons (Fsp3) is 0.708. The number of nitrogens with zero attached hydrogens (tertiary/aromatic N) is 2. The van der Waals surface area contributed by atoms with Gasteiger partial charge in [-0.15, -0.1) is 0 Å². The number of benzene rings is 1. The molecule has 0 aromatic heterocycles. The molecule has 0 aliphatic carbocycles. The number of ether oxygens (including phenoxy) is 2. The molecule has 6 heteroatoms. The highest BCUT2D eigenvalue weighted by Gasteiger charge is 2.20. The summed E-state index contributed by atoms with van der Waals surface area (Å²) in [5, 5.41) is 6.98. The minimum absolute atomic E-state index is 0.638. The highest BCUT2D eigenvalue weighted by atomic mass is 16.5. The Bertz CT molecular complexity index is 648. The third kappa shape index (κ3) is 8.42. The number of guanidine groups is 1. The van der Waals surface area contributed by atoms with Gasteiger partial charge in [0.25, 0.3) is 0 Å². The molecule has 1 heterocycles. The van der Waals surface area contributed by atoms with E-state index < -0.39 is 0 Å². The lowest BCUT2D eigenvalue weighted by atomic mass is 9.97. The summed E-state index contributed by atoms with van der Waals surface area (Å²) in [6.45, 7) is 12.8. The maximum atomic E-state index is 5.68. The van der Waals surface area contributed by atoms with Crippen LogP contribution in [0.15, 0.2) is 23.2 Å². The van der Waals surface area contributed by atoms with E-state index in [1.165, 1.54) is 38.0 Å². The largest absolute Gasteiger partial charge is 0.493 e. The lowest BCUT2D eigenvalue weighted by Crippen LogP contribution is -2.45. The number of methoxy groups -OCH3 is 1. The van der Waals surface area contributed by atoms with Gasteiger partial charge in [-0.25, -0.2) is 0 Å². The van der Waals surface area contributed by atoms with Gasteiger partial charge in [0.15, 0.2) is 17.5 Å². The van der Waals surface area contributed by atoms with E-state index in [0.717, 1.165) is 49.3 Å². The Morgan fingerprint density at radius 2 is 2.10 bits per heavy atom. The van der Waals surface area contributed by atoms with Crippen LogP contribution < -0.4 is 20.1 Å². The van der Waals surface area contributed by atoms with Crippen LogP contribution in [0.2, 0.25) is 0 Å². The van der Waals surface area contributed by atoms with E-state index in [0.29, 0.717) is 12.5 Å². The monoisotopic (exact) mass is 418 g/mol. The number of aryl methyl sites for hydroxylation is 1. The van der Waals surface area contributed by atoms with Crippen LogP contribution in [0.4, 0.5) is 0 Å². The van der Waals surface area contributed by atoms with E-state index in [1.807, 2.05) is 20.0 Å². The third-order valence-corrected chi connectivity index (χ3v) is 5.47. The number of hydrogen-bond acceptors (Lipinski definition) is 4. The van der Waals surface area contributed by atoms with Crippen molar-refractivity contribution in [2.24, 2.45) is 16.8 Å². The second kappa shape index (κ2) is 13.4. The Kier molecular flexibility index (Phi) is 10.8. The van der Waals surface area contributed by atoms with Crippen LogP contribution >= 0.6 is 0 Å². The molecule has 0 bridgehead atoms. The minimum atomic E-state index is 0.638. The number of aliphatic imine (C=N–C) groups is 1. The molecule has 0 spiro atoms. The first kappa shape index (κ1) is 24.3. The summed E-state index contributed by atoms with van der Waals surface area (Å²) in [6, 6.07) is 6.18. The third-order valence-electron chi connectivity index (χ3n) is 5.47. The van der Waals surface area contributed by atoms with Crippen molar-refractivity contribution in [3.8, 4) is 11.5 Å². The maximum Gasteiger partial charge on any atom is 0.190 e. The van der Waals surface area contributed by atoms with Crippen molar-refractivity contribution in [3.63, 3.8) is 0 Å². The van der Waals surface area contributed by atoms with Gasteiger partial charge in [-0.2, -0.15) is 0 Å². The fourth-order valence-corrected chi connectivity index (χ4v) is 4.11. The lowest BCUT2D eigenvalue weighted by molar-refractivity contribution is 0.159. The Morgan fingerprint density at radius 1 is 1.27 bits per heavy atom. The van der Waals surface area contributed by atoms with Crippen LogP contribution in [-0.2, 0) is 6.42 Å². The van der Waals surface area contributed by atoms with Crippen molar-refractivity contribution in [2.45, 2.75) is 46.5 Å². The summed E-state index contributed by atoms with van der Waals surface area (Å²) in [4.78, 5) is 7.00. The molecule has 1 unspecified atom stereocenters. The molecule has 30 heavy (non-hydrogen) atoms. The number of likely N-dealkylation sites (tertiary alicyclic amines) is 1. The zero-order valence-electron chi connectivity index (χ0n) is 19.7. The van der Waals surface area contributed by atoms with Crippen LogP contribution in [0.25, 0.3) is 0 Å². The van der Waals surface area contributed by atoms with Gasteiger partial charge in [-0.05, 0) is 68.7 Å². The molecule has 1 atom stereocenters. The van der Waals surface area contributed by atoms with E-state index in [4.69, 9.17) is 9.47 Å². The molecule has 2 N–H and O–H groups in total. The maximum absolute atomic E-state index is 5.68. The molecule has 1 fully saturated rings. The van der Waals surface area contributed by atoms with Crippen molar-refractivity contribution >= 4 is 5.96 Å². The topological polar surface area (TPSA) is 58.1 Å². The number of nitrogens with one attached hydrogen (secondary N) is 2. The zero-order valence-corrected chi connectivity index (χ0v) is 19.7. The van der Waals surface area contributed by atoms with Gasteiger partial charge in [0, 0.05) is 33.2 Å². The smallest absolute Gasteiger partial charge is 0.190 e. The predicted octanol–water partition coefficient (Wildman–Crippen LogP) is 3.56. The summed E-state index contributed by atoms with van der Waals surface area (Å²) in [5.74, 6) is 3.95. The molecule has 0 amide bonds. The van der Waals surface area contributed by atoms with Crippen molar-refractivity contribution in [1.82, 2.24) is 15.5 Å². The molecule has 6 nitrogen and oxygen atoms in total. The van der Waals surface area contributed by atoms with Gasteiger partial charge >= 0.3 is 0 Å². The normalized spacial score (nSPS) is 17.8. The second-order valence-electron chi connectivity index (χ2n) is 8.56. The summed E-state index contributed by atoms with van der Waals surface area (Å²) < 4.78 is 11.0. The summed E-state index contributed by atoms with van der Waals surface area (Å²) >= 11 is 0. The van der Waals surface area contributed by atoms with Crippen LogP contribution in [0.3, 0.4) is 0 Å². The number of rotatable bonds is 11. The average molecular weight is 419 g/mol. The molecule has 2 rings (SSSR count). The second-order valence-corrected chi connectivity index (χ2v) is 8.56. The Morgan fingerprint density at radius 3 is 2.80 bits per heavy atom. The Hall–Kier alpha value is -1.95. The van der Waals surface area contributed by atoms with Crippen LogP contribution in [0, 0.1) is 11.8 Å². The van der Waals surface area contributed by atoms with E-state index in [-0.39, 0.29) is 0 Å². The number of hydrogen-bond donors (Lipinski definition) is 2. The molecule has 1 aliphatic rings. The van der Waals surface area contributed by atoms with Crippen molar-refractivity contribution in [3.05, 3.63) is 23.8 Å². The van der Waals surface area contributed by atoms with Gasteiger partial charge in [-0.3, -0.25) is 4.99 Å². The standard InChI is InChI=1S/C24H42N4O2/c1-6-30-23-15-20(11-12-22(23)29-5)9-7-13-26-24(25-4)27-16-21-10-8-14-28(18-21)17-19(2)3/h11-12,15,19,21H,6-10,13-14,16-18H2,1-5H3,(H2,25,26,27). The number of piperidine rings is 1. The summed E-state index contributed by atoms with van der Waals surface area (Å²) in [7, 11) is 3.52. The van der Waals surface area contributed by atoms with Gasteiger partial charge in [-0.1, -0.05) is 19.9 Å². The SMILES string of the molecule is CCOc1cc(CCCNC(=NC)NCC2CCCN(CC(C)C)C2)ccc1OC. The Labute approximate surface area is 183 Å². The molecule has 0 saturated carbocycles. The molecule has 1 saturated heterocycles. The van der Waals surface area contributed by atoms with Crippen LogP contribution in [0.5, 0.6) is 11.5 Å². The van der Waals surface area contributed by atoms with Crippen molar-refractivity contribution in [2.75, 3.05) is 53.5 Å². The lowest BCUT2D eigenvalue weighted by Gasteiger charge is -2.34. The van der Waals surface area contributed by atoms with Crippen molar-refractivity contribution < 1.29 is 9.47 Å². The molecular weight excluding hydrogens is 376 g/mol. The first-order chi connectivity index (χ1) is 14.5. The van der Waals surface area contributed by atoms with Gasteiger partial charge in [0.1, 0.15) is 0 Å². The van der Waals surface area contributed by atoms with E-state index in [1.54, 1.807) is 7.11 Å². The van der Waals surface area contributed by atoms with Crippen LogP contribution in [-0.4, -0.2) is 64.3 Å². The highest BCUT2D eigenvalue weighted by Crippen LogP contribution is 2.28. The van der Waals surface area contributed by atoms with Gasteiger partial charge < -0.3 is 25.0 Å². The molecular formula is C24H42N4O2. The van der Waals surface area contributed by atoms with E-state index in [2.05, 4.69) is 46.5 Å². The fourth-order valence-electron chi connectivity index (χ4n) is 4.11. The van der Waals surface area contributed by atoms with Gasteiger partial charge in [0.05, 0.1) is 13.7 Å². The highest BCUT2D eigenvalue weighted by molar-refractivity contribution is 5.79.